The van der Waals surface area contributed by atoms with Crippen LogP contribution in [0.25, 0.3) is 0 Å². The third kappa shape index (κ3) is 2.16. The maximum atomic E-state index is 10.8. The van der Waals surface area contributed by atoms with Crippen LogP contribution in [-0.2, 0) is 12.6 Å². The fourth-order valence-corrected chi connectivity index (χ4v) is 2.70. The van der Waals surface area contributed by atoms with Gasteiger partial charge in [0.05, 0.1) is 16.9 Å². The van der Waals surface area contributed by atoms with Crippen LogP contribution in [0.5, 0.6) is 0 Å². The van der Waals surface area contributed by atoms with E-state index in [0.29, 0.717) is 10.7 Å². The van der Waals surface area contributed by atoms with Crippen molar-refractivity contribution in [3.8, 4) is 0 Å². The van der Waals surface area contributed by atoms with E-state index < -0.39 is 5.60 Å². The largest absolute Gasteiger partial charge is 0.379 e. The zero-order valence-electron chi connectivity index (χ0n) is 11.0. The van der Waals surface area contributed by atoms with Crippen LogP contribution in [0.2, 0.25) is 5.02 Å². The molecule has 0 bridgehead atoms. The molecule has 1 heterocycles. The fraction of sp³-hybridized carbons (Fsp3) is 0.357. The average molecular weight is 265 g/mol. The molecule has 0 aliphatic carbocycles. The van der Waals surface area contributed by atoms with Crippen molar-refractivity contribution in [2.24, 2.45) is 7.05 Å². The lowest BCUT2D eigenvalue weighted by molar-refractivity contribution is 0.0929. The molecule has 0 aliphatic rings. The summed E-state index contributed by atoms with van der Waals surface area (Å²) in [6.45, 7) is 5.76. The van der Waals surface area contributed by atoms with E-state index in [0.717, 1.165) is 16.7 Å². The number of aliphatic hydroxyl groups is 1. The highest BCUT2D eigenvalue weighted by atomic mass is 35.5. The molecule has 2 aromatic rings. The van der Waals surface area contributed by atoms with Gasteiger partial charge in [0, 0.05) is 7.05 Å². The normalized spacial score (nSPS) is 14.6. The van der Waals surface area contributed by atoms with Crippen LogP contribution in [0.4, 0.5) is 0 Å². The van der Waals surface area contributed by atoms with Crippen molar-refractivity contribution < 1.29 is 5.11 Å². The van der Waals surface area contributed by atoms with Crippen LogP contribution in [-0.4, -0.2) is 14.9 Å². The summed E-state index contributed by atoms with van der Waals surface area (Å²) < 4.78 is 1.61. The Balaban J connectivity index is 2.61. The van der Waals surface area contributed by atoms with Gasteiger partial charge in [0.2, 0.25) is 0 Å². The zero-order chi connectivity index (χ0) is 13.5. The fourth-order valence-electron chi connectivity index (χ4n) is 2.35. The molecule has 0 radical (unpaired) electrons. The van der Waals surface area contributed by atoms with Crippen LogP contribution in [0.15, 0.2) is 24.4 Å². The molecule has 3 nitrogen and oxygen atoms in total. The lowest BCUT2D eigenvalue weighted by Gasteiger charge is -2.25. The second-order valence-corrected chi connectivity index (χ2v) is 5.32. The number of hydrogen-bond acceptors (Lipinski definition) is 2. The summed E-state index contributed by atoms with van der Waals surface area (Å²) in [5.74, 6) is 0. The smallest absolute Gasteiger partial charge is 0.130 e. The molecule has 0 saturated carbocycles. The van der Waals surface area contributed by atoms with Gasteiger partial charge < -0.3 is 5.11 Å². The van der Waals surface area contributed by atoms with Crippen molar-refractivity contribution in [3.05, 3.63) is 51.8 Å². The van der Waals surface area contributed by atoms with Crippen LogP contribution in [0.3, 0.4) is 0 Å². The summed E-state index contributed by atoms with van der Waals surface area (Å²) in [5.41, 5.74) is 2.51. The summed E-state index contributed by atoms with van der Waals surface area (Å²) in [4.78, 5) is 0. The maximum absolute atomic E-state index is 10.8. The summed E-state index contributed by atoms with van der Waals surface area (Å²) in [5, 5.41) is 15.4. The Bertz CT molecular complexity index is 548. The van der Waals surface area contributed by atoms with Crippen molar-refractivity contribution in [1.29, 1.82) is 0 Å². The molecule has 2 rings (SSSR count). The Hall–Kier alpha value is -1.32. The first-order chi connectivity index (χ1) is 8.32. The highest BCUT2D eigenvalue weighted by molar-refractivity contribution is 6.31. The molecule has 0 fully saturated rings. The molecule has 1 N–H and O–H groups in total. The van der Waals surface area contributed by atoms with E-state index in [1.54, 1.807) is 24.9 Å². The lowest BCUT2D eigenvalue weighted by Crippen LogP contribution is -2.26. The van der Waals surface area contributed by atoms with E-state index in [9.17, 15) is 5.11 Å². The third-order valence-corrected chi connectivity index (χ3v) is 3.42. The number of rotatable bonds is 2. The standard InChI is InChI=1S/C14H17ClN2O/c1-9-5-10(2)7-11(6-9)14(3,18)13-12(15)8-16-17(13)4/h5-8,18H,1-4H3. The SMILES string of the molecule is Cc1cc(C)cc(C(C)(O)c2c(Cl)cnn2C)c1. The van der Waals surface area contributed by atoms with Crippen LogP contribution < -0.4 is 0 Å². The molecule has 4 heteroatoms. The van der Waals surface area contributed by atoms with Gasteiger partial charge in [-0.3, -0.25) is 4.68 Å². The van der Waals surface area contributed by atoms with Gasteiger partial charge in [0.1, 0.15) is 5.60 Å². The Morgan fingerprint density at radius 1 is 1.22 bits per heavy atom. The van der Waals surface area contributed by atoms with Crippen LogP contribution >= 0.6 is 11.6 Å². The van der Waals surface area contributed by atoms with Crippen molar-refractivity contribution in [3.63, 3.8) is 0 Å². The molecule has 1 aromatic heterocycles. The predicted molar refractivity (Wildman–Crippen MR) is 72.8 cm³/mol. The Morgan fingerprint density at radius 3 is 2.22 bits per heavy atom. The molecule has 0 saturated heterocycles. The summed E-state index contributed by atoms with van der Waals surface area (Å²) in [6.07, 6.45) is 1.55. The minimum Gasteiger partial charge on any atom is -0.379 e. The predicted octanol–water partition coefficient (Wildman–Crippen LogP) is 2.95. The average Bonchev–Trinajstić information content (AvgIpc) is 2.57. The van der Waals surface area contributed by atoms with Crippen LogP contribution in [0.1, 0.15) is 29.3 Å². The minimum atomic E-state index is -1.15. The molecule has 18 heavy (non-hydrogen) atoms. The van der Waals surface area contributed by atoms with Crippen molar-refractivity contribution in [1.82, 2.24) is 9.78 Å². The first-order valence-electron chi connectivity index (χ1n) is 5.81. The molecule has 1 atom stereocenters. The molecule has 0 spiro atoms. The maximum Gasteiger partial charge on any atom is 0.130 e. The second-order valence-electron chi connectivity index (χ2n) is 4.91. The summed E-state index contributed by atoms with van der Waals surface area (Å²) >= 11 is 6.12. The van der Waals surface area contributed by atoms with Crippen LogP contribution in [0, 0.1) is 13.8 Å². The monoisotopic (exact) mass is 264 g/mol. The third-order valence-electron chi connectivity index (χ3n) is 3.14. The highest BCUT2D eigenvalue weighted by Crippen LogP contribution is 2.34. The molecule has 1 aromatic carbocycles. The highest BCUT2D eigenvalue weighted by Gasteiger charge is 2.31. The van der Waals surface area contributed by atoms with E-state index in [4.69, 9.17) is 11.6 Å². The number of aromatic nitrogens is 2. The summed E-state index contributed by atoms with van der Waals surface area (Å²) in [7, 11) is 1.78. The van der Waals surface area contributed by atoms with E-state index >= 15 is 0 Å². The summed E-state index contributed by atoms with van der Waals surface area (Å²) in [6, 6.07) is 6.01. The number of aryl methyl sites for hydroxylation is 3. The van der Waals surface area contributed by atoms with Crippen molar-refractivity contribution in [2.45, 2.75) is 26.4 Å². The van der Waals surface area contributed by atoms with E-state index in [1.807, 2.05) is 26.0 Å². The first kappa shape index (κ1) is 13.1. The van der Waals surface area contributed by atoms with Gasteiger partial charge >= 0.3 is 0 Å². The lowest BCUT2D eigenvalue weighted by atomic mass is 9.90. The Kier molecular flexibility index (Phi) is 3.21. The molecule has 0 amide bonds. The van der Waals surface area contributed by atoms with Gasteiger partial charge in [-0.15, -0.1) is 0 Å². The van der Waals surface area contributed by atoms with Gasteiger partial charge in [-0.1, -0.05) is 40.9 Å². The second kappa shape index (κ2) is 4.41. The molecule has 1 unspecified atom stereocenters. The molecule has 0 aliphatic heterocycles. The van der Waals surface area contributed by atoms with Crippen molar-refractivity contribution >= 4 is 11.6 Å². The number of nitrogens with zero attached hydrogens (tertiary/aromatic N) is 2. The molecular weight excluding hydrogens is 248 g/mol. The quantitative estimate of drug-likeness (QED) is 0.906. The van der Waals surface area contributed by atoms with E-state index in [-0.39, 0.29) is 0 Å². The van der Waals surface area contributed by atoms with Gasteiger partial charge in [-0.05, 0) is 26.3 Å². The van der Waals surface area contributed by atoms with E-state index in [1.165, 1.54) is 0 Å². The van der Waals surface area contributed by atoms with Gasteiger partial charge in [0.15, 0.2) is 0 Å². The zero-order valence-corrected chi connectivity index (χ0v) is 11.8. The first-order valence-corrected chi connectivity index (χ1v) is 6.19. The topological polar surface area (TPSA) is 38.1 Å². The molecular formula is C14H17ClN2O. The Morgan fingerprint density at radius 2 is 1.78 bits per heavy atom. The number of benzene rings is 1. The van der Waals surface area contributed by atoms with E-state index in [2.05, 4.69) is 11.2 Å². The number of hydrogen-bond donors (Lipinski definition) is 1. The Labute approximate surface area is 112 Å². The minimum absolute atomic E-state index is 0.474. The molecule has 96 valence electrons. The van der Waals surface area contributed by atoms with Crippen molar-refractivity contribution in [2.75, 3.05) is 0 Å². The number of halogens is 1. The van der Waals surface area contributed by atoms with Gasteiger partial charge in [-0.2, -0.15) is 5.10 Å². The van der Waals surface area contributed by atoms with Gasteiger partial charge in [-0.25, -0.2) is 0 Å². The van der Waals surface area contributed by atoms with Gasteiger partial charge in [0.25, 0.3) is 0 Å².